The van der Waals surface area contributed by atoms with Crippen LogP contribution in [0.5, 0.6) is 5.75 Å². The summed E-state index contributed by atoms with van der Waals surface area (Å²) >= 11 is 3.35. The molecule has 0 bridgehead atoms. The Morgan fingerprint density at radius 1 is 1.55 bits per heavy atom. The molecule has 4 nitrogen and oxygen atoms in total. The molecule has 2 rings (SSSR count). The highest BCUT2D eigenvalue weighted by molar-refractivity contribution is 9.10. The Bertz CT molecular complexity index is 499. The second-order valence-corrected chi connectivity index (χ2v) is 6.06. The van der Waals surface area contributed by atoms with Crippen LogP contribution in [0.25, 0.3) is 0 Å². The summed E-state index contributed by atoms with van der Waals surface area (Å²) in [6.07, 6.45) is 0.0568. The van der Waals surface area contributed by atoms with E-state index in [1.807, 2.05) is 12.1 Å². The molecule has 1 aromatic carbocycles. The van der Waals surface area contributed by atoms with Crippen molar-refractivity contribution in [1.82, 2.24) is 4.90 Å². The maximum Gasteiger partial charge on any atom is 0.137 e. The van der Waals surface area contributed by atoms with E-state index in [1.54, 1.807) is 6.07 Å². The molecule has 1 atom stereocenters. The number of halogens is 1. The summed E-state index contributed by atoms with van der Waals surface area (Å²) < 4.78 is 12.4. The zero-order chi connectivity index (χ0) is 14.5. The molecule has 0 aromatic heterocycles. The Morgan fingerprint density at radius 3 is 3.05 bits per heavy atom. The number of ether oxygens (including phenoxy) is 2. The van der Waals surface area contributed by atoms with Gasteiger partial charge in [0, 0.05) is 23.6 Å². The van der Waals surface area contributed by atoms with Gasteiger partial charge in [-0.25, -0.2) is 0 Å². The van der Waals surface area contributed by atoms with E-state index in [9.17, 15) is 0 Å². The minimum absolute atomic E-state index is 0.0568. The van der Waals surface area contributed by atoms with Crippen LogP contribution in [0.2, 0.25) is 0 Å². The molecule has 1 fully saturated rings. The van der Waals surface area contributed by atoms with E-state index in [1.165, 1.54) is 0 Å². The van der Waals surface area contributed by atoms with Crippen molar-refractivity contribution in [1.29, 1.82) is 5.26 Å². The molecule has 0 radical (unpaired) electrons. The fourth-order valence-electron chi connectivity index (χ4n) is 2.21. The first kappa shape index (κ1) is 15.3. The number of hydrogen-bond donors (Lipinski definition) is 0. The molecule has 20 heavy (non-hydrogen) atoms. The Morgan fingerprint density at radius 2 is 2.35 bits per heavy atom. The zero-order valence-electron chi connectivity index (χ0n) is 11.8. The predicted octanol–water partition coefficient (Wildman–Crippen LogP) is 2.81. The third-order valence-corrected chi connectivity index (χ3v) is 3.88. The van der Waals surface area contributed by atoms with E-state index in [2.05, 4.69) is 40.7 Å². The van der Waals surface area contributed by atoms with Gasteiger partial charge in [-0.2, -0.15) is 5.26 Å². The molecule has 1 aliphatic heterocycles. The average Bonchev–Trinajstić information content (AvgIpc) is 2.46. The van der Waals surface area contributed by atoms with Crippen LogP contribution in [0.15, 0.2) is 22.7 Å². The van der Waals surface area contributed by atoms with E-state index in [-0.39, 0.29) is 6.10 Å². The molecule has 0 aliphatic carbocycles. The Kier molecular flexibility index (Phi) is 5.41. The van der Waals surface area contributed by atoms with Gasteiger partial charge in [-0.05, 0) is 32.0 Å². The van der Waals surface area contributed by atoms with Gasteiger partial charge in [0.05, 0.1) is 12.2 Å². The fourth-order valence-corrected chi connectivity index (χ4v) is 2.57. The first-order chi connectivity index (χ1) is 9.60. The van der Waals surface area contributed by atoms with Crippen LogP contribution >= 0.6 is 15.9 Å². The van der Waals surface area contributed by atoms with Gasteiger partial charge >= 0.3 is 0 Å². The number of nitrogens with zero attached hydrogens (tertiary/aromatic N) is 2. The highest BCUT2D eigenvalue weighted by Gasteiger charge is 2.22. The fraction of sp³-hybridized carbons (Fsp3) is 0.533. The van der Waals surface area contributed by atoms with Gasteiger partial charge in [-0.15, -0.1) is 0 Å². The molecule has 1 aromatic rings. The molecule has 108 valence electrons. The average molecular weight is 339 g/mol. The molecule has 0 spiro atoms. The maximum atomic E-state index is 9.10. The summed E-state index contributed by atoms with van der Waals surface area (Å²) in [5.74, 6) is 0.612. The predicted molar refractivity (Wildman–Crippen MR) is 80.8 cm³/mol. The van der Waals surface area contributed by atoms with Gasteiger partial charge in [-0.3, -0.25) is 4.90 Å². The van der Waals surface area contributed by atoms with Crippen LogP contribution in [0.1, 0.15) is 19.4 Å². The number of morpholine rings is 1. The normalized spacial score (nSPS) is 19.9. The van der Waals surface area contributed by atoms with Crippen molar-refractivity contribution < 1.29 is 9.47 Å². The van der Waals surface area contributed by atoms with Crippen LogP contribution in [0, 0.1) is 11.3 Å². The number of benzene rings is 1. The van der Waals surface area contributed by atoms with Crippen LogP contribution in [0.4, 0.5) is 0 Å². The van der Waals surface area contributed by atoms with Gasteiger partial charge in [0.2, 0.25) is 0 Å². The highest BCUT2D eigenvalue weighted by Crippen LogP contribution is 2.23. The van der Waals surface area contributed by atoms with Crippen LogP contribution < -0.4 is 4.74 Å². The highest BCUT2D eigenvalue weighted by atomic mass is 79.9. The molecular weight excluding hydrogens is 320 g/mol. The van der Waals surface area contributed by atoms with E-state index in [0.717, 1.165) is 24.2 Å². The van der Waals surface area contributed by atoms with Gasteiger partial charge in [-0.1, -0.05) is 15.9 Å². The smallest absolute Gasteiger partial charge is 0.137 e. The maximum absolute atomic E-state index is 9.10. The summed E-state index contributed by atoms with van der Waals surface area (Å²) in [5, 5.41) is 9.10. The lowest BCUT2D eigenvalue weighted by Crippen LogP contribution is -2.47. The van der Waals surface area contributed by atoms with Crippen molar-refractivity contribution in [2.75, 3.05) is 26.3 Å². The lowest BCUT2D eigenvalue weighted by molar-refractivity contribution is -0.0564. The number of hydrogen-bond acceptors (Lipinski definition) is 4. The summed E-state index contributed by atoms with van der Waals surface area (Å²) in [6, 6.07) is 8.11. The molecule has 0 N–H and O–H groups in total. The topological polar surface area (TPSA) is 45.5 Å². The molecule has 5 heteroatoms. The second-order valence-electron chi connectivity index (χ2n) is 5.14. The molecule has 1 saturated heterocycles. The van der Waals surface area contributed by atoms with E-state index >= 15 is 0 Å². The third kappa shape index (κ3) is 3.95. The Hall–Kier alpha value is -1.09. The summed E-state index contributed by atoms with van der Waals surface area (Å²) in [7, 11) is 0. The standard InChI is InChI=1S/C15H19BrN2O2/c1-11(2)18-5-6-19-14(9-18)10-20-15-4-3-13(16)7-12(15)8-17/h3-4,7,11,14H,5-6,9-10H2,1-2H3. The quantitative estimate of drug-likeness (QED) is 0.846. The van der Waals surface area contributed by atoms with E-state index in [0.29, 0.717) is 24.0 Å². The van der Waals surface area contributed by atoms with Crippen molar-refractivity contribution in [3.8, 4) is 11.8 Å². The lowest BCUT2D eigenvalue weighted by Gasteiger charge is -2.35. The second kappa shape index (κ2) is 7.07. The molecule has 1 unspecified atom stereocenters. The van der Waals surface area contributed by atoms with Crippen LogP contribution in [-0.4, -0.2) is 43.3 Å². The molecule has 1 heterocycles. The summed E-state index contributed by atoms with van der Waals surface area (Å²) in [4.78, 5) is 2.38. The largest absolute Gasteiger partial charge is 0.489 e. The first-order valence-corrected chi connectivity index (χ1v) is 7.57. The third-order valence-electron chi connectivity index (χ3n) is 3.39. The van der Waals surface area contributed by atoms with E-state index in [4.69, 9.17) is 14.7 Å². The summed E-state index contributed by atoms with van der Waals surface area (Å²) in [6.45, 7) is 7.42. The minimum Gasteiger partial charge on any atom is -0.489 e. The number of nitriles is 1. The SMILES string of the molecule is CC(C)N1CCOC(COc2ccc(Br)cc2C#N)C1. The monoisotopic (exact) mass is 338 g/mol. The molecule has 0 amide bonds. The minimum atomic E-state index is 0.0568. The van der Waals surface area contributed by atoms with Crippen molar-refractivity contribution in [2.24, 2.45) is 0 Å². The first-order valence-electron chi connectivity index (χ1n) is 6.78. The van der Waals surface area contributed by atoms with Gasteiger partial charge in [0.15, 0.2) is 0 Å². The van der Waals surface area contributed by atoms with Gasteiger partial charge in [0.1, 0.15) is 24.5 Å². The lowest BCUT2D eigenvalue weighted by atomic mass is 10.2. The summed E-state index contributed by atoms with van der Waals surface area (Å²) in [5.41, 5.74) is 0.538. The zero-order valence-corrected chi connectivity index (χ0v) is 13.4. The van der Waals surface area contributed by atoms with Crippen molar-refractivity contribution in [3.05, 3.63) is 28.2 Å². The van der Waals surface area contributed by atoms with Crippen molar-refractivity contribution in [3.63, 3.8) is 0 Å². The van der Waals surface area contributed by atoms with Gasteiger partial charge in [0.25, 0.3) is 0 Å². The molecule has 0 saturated carbocycles. The van der Waals surface area contributed by atoms with Crippen LogP contribution in [0.3, 0.4) is 0 Å². The molecule has 1 aliphatic rings. The van der Waals surface area contributed by atoms with Gasteiger partial charge < -0.3 is 9.47 Å². The Labute approximate surface area is 128 Å². The van der Waals surface area contributed by atoms with Crippen molar-refractivity contribution >= 4 is 15.9 Å². The van der Waals surface area contributed by atoms with Crippen LogP contribution in [-0.2, 0) is 4.74 Å². The van der Waals surface area contributed by atoms with E-state index < -0.39 is 0 Å². The van der Waals surface area contributed by atoms with Crippen molar-refractivity contribution in [2.45, 2.75) is 26.0 Å². The molecular formula is C15H19BrN2O2. The number of rotatable bonds is 4. The Balaban J connectivity index is 1.94.